The van der Waals surface area contributed by atoms with Crippen LogP contribution in [0.1, 0.15) is 24.2 Å². The van der Waals surface area contributed by atoms with E-state index in [1.807, 2.05) is 0 Å². The lowest BCUT2D eigenvalue weighted by atomic mass is 10.3. The van der Waals surface area contributed by atoms with E-state index in [-0.39, 0.29) is 10.5 Å². The molecule has 10 heteroatoms. The van der Waals surface area contributed by atoms with Gasteiger partial charge in [-0.3, -0.25) is 9.78 Å². The van der Waals surface area contributed by atoms with Gasteiger partial charge in [-0.2, -0.15) is 4.31 Å². The monoisotopic (exact) mass is 469 g/mol. The van der Waals surface area contributed by atoms with Crippen molar-refractivity contribution in [3.05, 3.63) is 52.8 Å². The molecule has 1 N–H and O–H groups in total. The number of amides is 1. The van der Waals surface area contributed by atoms with Gasteiger partial charge in [-0.05, 0) is 46.3 Å². The van der Waals surface area contributed by atoms with Crippen LogP contribution in [0.25, 0.3) is 0 Å². The van der Waals surface area contributed by atoms with E-state index in [4.69, 9.17) is 4.74 Å². The van der Waals surface area contributed by atoms with Crippen molar-refractivity contribution in [3.8, 4) is 0 Å². The normalized spacial score (nSPS) is 11.3. The summed E-state index contributed by atoms with van der Waals surface area (Å²) in [6.07, 6.45) is 2.85. The van der Waals surface area contributed by atoms with Crippen molar-refractivity contribution >= 4 is 43.5 Å². The number of carbonyl (C=O) groups excluding carboxylic acids is 2. The average Bonchev–Trinajstić information content (AvgIpc) is 2.67. The second-order valence-electron chi connectivity index (χ2n) is 5.63. The minimum absolute atomic E-state index is 0.141. The molecule has 150 valence electrons. The summed E-state index contributed by atoms with van der Waals surface area (Å²) < 4.78 is 31.8. The lowest BCUT2D eigenvalue weighted by Gasteiger charge is -2.18. The fraction of sp³-hybridized carbons (Fsp3) is 0.278. The molecule has 8 nitrogen and oxygen atoms in total. The molecule has 0 aliphatic rings. The molecule has 2 aromatic rings. The molecule has 0 bridgehead atoms. The first-order valence-corrected chi connectivity index (χ1v) is 10.7. The highest BCUT2D eigenvalue weighted by Gasteiger charge is 2.21. The molecule has 0 aliphatic carbocycles. The summed E-state index contributed by atoms with van der Waals surface area (Å²) in [5, 5.41) is 2.55. The molecular formula is C18H20BrN3O5S. The molecule has 0 saturated carbocycles. The molecule has 0 radical (unpaired) electrons. The maximum Gasteiger partial charge on any atom is 0.340 e. The molecule has 1 aromatic heterocycles. The minimum Gasteiger partial charge on any atom is -0.452 e. The number of nitrogens with one attached hydrogen (secondary N) is 1. The summed E-state index contributed by atoms with van der Waals surface area (Å²) in [5.41, 5.74) is 0.608. The number of hydrogen-bond donors (Lipinski definition) is 1. The van der Waals surface area contributed by atoms with Crippen LogP contribution in [0.4, 0.5) is 5.69 Å². The third-order valence-corrected chi connectivity index (χ3v) is 6.25. The van der Waals surface area contributed by atoms with Crippen molar-refractivity contribution in [1.82, 2.24) is 9.29 Å². The number of halogens is 1. The van der Waals surface area contributed by atoms with Gasteiger partial charge >= 0.3 is 5.97 Å². The third-order valence-electron chi connectivity index (χ3n) is 3.76. The van der Waals surface area contributed by atoms with Crippen molar-refractivity contribution in [2.75, 3.05) is 25.0 Å². The first kappa shape index (κ1) is 22.0. The zero-order chi connectivity index (χ0) is 20.7. The third kappa shape index (κ3) is 5.60. The van der Waals surface area contributed by atoms with Crippen molar-refractivity contribution < 1.29 is 22.7 Å². The molecule has 0 unspecified atom stereocenters. The minimum atomic E-state index is -3.56. The molecule has 1 aromatic carbocycles. The van der Waals surface area contributed by atoms with Gasteiger partial charge in [0, 0.05) is 35.6 Å². The predicted octanol–water partition coefficient (Wildman–Crippen LogP) is 2.67. The second kappa shape index (κ2) is 9.76. The standard InChI is InChI=1S/C18H20BrN3O5S/c1-3-22(4-2)28(25,26)16-7-5-15(6-8-16)21-17(23)12-27-18(24)13-9-14(19)11-20-10-13/h5-11H,3-4,12H2,1-2H3,(H,21,23). The average molecular weight is 470 g/mol. The Morgan fingerprint density at radius 1 is 1.14 bits per heavy atom. The Kier molecular flexibility index (Phi) is 7.67. The van der Waals surface area contributed by atoms with E-state index in [1.54, 1.807) is 13.8 Å². The molecule has 0 atom stereocenters. The Balaban J connectivity index is 1.95. The number of aromatic nitrogens is 1. The Morgan fingerprint density at radius 2 is 1.79 bits per heavy atom. The molecule has 2 rings (SSSR count). The van der Waals surface area contributed by atoms with Crippen molar-refractivity contribution in [2.45, 2.75) is 18.7 Å². The quantitative estimate of drug-likeness (QED) is 0.595. The highest BCUT2D eigenvalue weighted by molar-refractivity contribution is 9.10. The molecule has 1 heterocycles. The van der Waals surface area contributed by atoms with Gasteiger partial charge in [0.15, 0.2) is 6.61 Å². The SMILES string of the molecule is CCN(CC)S(=O)(=O)c1ccc(NC(=O)COC(=O)c2cncc(Br)c2)cc1. The zero-order valence-corrected chi connectivity index (χ0v) is 17.8. The lowest BCUT2D eigenvalue weighted by molar-refractivity contribution is -0.119. The molecule has 0 aliphatic heterocycles. The molecular weight excluding hydrogens is 450 g/mol. The number of pyridine rings is 1. The highest BCUT2D eigenvalue weighted by atomic mass is 79.9. The van der Waals surface area contributed by atoms with Gasteiger partial charge in [0.25, 0.3) is 5.91 Å². The summed E-state index contributed by atoms with van der Waals surface area (Å²) in [4.78, 5) is 27.8. The first-order chi connectivity index (χ1) is 13.3. The molecule has 0 fully saturated rings. The summed E-state index contributed by atoms with van der Waals surface area (Å²) in [6, 6.07) is 7.33. The molecule has 0 saturated heterocycles. The predicted molar refractivity (Wildman–Crippen MR) is 107 cm³/mol. The number of rotatable bonds is 8. The van der Waals surface area contributed by atoms with E-state index in [2.05, 4.69) is 26.2 Å². The van der Waals surface area contributed by atoms with E-state index in [1.165, 1.54) is 47.0 Å². The van der Waals surface area contributed by atoms with Gasteiger partial charge in [0.05, 0.1) is 10.5 Å². The Morgan fingerprint density at radius 3 is 2.36 bits per heavy atom. The van der Waals surface area contributed by atoms with Crippen molar-refractivity contribution in [2.24, 2.45) is 0 Å². The molecule has 28 heavy (non-hydrogen) atoms. The molecule has 0 spiro atoms. The summed E-state index contributed by atoms with van der Waals surface area (Å²) >= 11 is 3.20. The summed E-state index contributed by atoms with van der Waals surface area (Å²) in [6.45, 7) is 3.79. The number of anilines is 1. The number of nitrogens with zero attached hydrogens (tertiary/aromatic N) is 2. The number of hydrogen-bond acceptors (Lipinski definition) is 6. The summed E-state index contributed by atoms with van der Waals surface area (Å²) in [5.74, 6) is -1.22. The Bertz CT molecular complexity index is 944. The second-order valence-corrected chi connectivity index (χ2v) is 8.48. The van der Waals surface area contributed by atoms with Crippen LogP contribution in [0.5, 0.6) is 0 Å². The number of esters is 1. The first-order valence-electron chi connectivity index (χ1n) is 8.45. The van der Waals surface area contributed by atoms with E-state index in [0.29, 0.717) is 23.2 Å². The maximum absolute atomic E-state index is 12.4. The van der Waals surface area contributed by atoms with Crippen molar-refractivity contribution in [1.29, 1.82) is 0 Å². The van der Waals surface area contributed by atoms with Gasteiger partial charge in [-0.25, -0.2) is 13.2 Å². The van der Waals surface area contributed by atoms with Crippen LogP contribution >= 0.6 is 15.9 Å². The zero-order valence-electron chi connectivity index (χ0n) is 15.4. The summed E-state index contributed by atoms with van der Waals surface area (Å²) in [7, 11) is -3.56. The fourth-order valence-corrected chi connectivity index (χ4v) is 4.18. The number of sulfonamides is 1. The van der Waals surface area contributed by atoms with Gasteiger partial charge in [-0.15, -0.1) is 0 Å². The fourth-order valence-electron chi connectivity index (χ4n) is 2.36. The van der Waals surface area contributed by atoms with E-state index >= 15 is 0 Å². The van der Waals surface area contributed by atoms with Gasteiger partial charge in [0.2, 0.25) is 10.0 Å². The van der Waals surface area contributed by atoms with E-state index in [9.17, 15) is 18.0 Å². The van der Waals surface area contributed by atoms with Crippen LogP contribution in [-0.2, 0) is 19.6 Å². The van der Waals surface area contributed by atoms with E-state index in [0.717, 1.165) is 0 Å². The van der Waals surface area contributed by atoms with Gasteiger partial charge < -0.3 is 10.1 Å². The lowest BCUT2D eigenvalue weighted by Crippen LogP contribution is -2.30. The van der Waals surface area contributed by atoms with Crippen LogP contribution in [0.2, 0.25) is 0 Å². The number of ether oxygens (including phenoxy) is 1. The van der Waals surface area contributed by atoms with Crippen LogP contribution in [0.3, 0.4) is 0 Å². The van der Waals surface area contributed by atoms with Crippen molar-refractivity contribution in [3.63, 3.8) is 0 Å². The highest BCUT2D eigenvalue weighted by Crippen LogP contribution is 2.18. The van der Waals surface area contributed by atoms with Gasteiger partial charge in [-0.1, -0.05) is 13.8 Å². The molecule has 1 amide bonds. The largest absolute Gasteiger partial charge is 0.452 e. The van der Waals surface area contributed by atoms with Crippen LogP contribution in [-0.4, -0.2) is 49.3 Å². The Hall–Kier alpha value is -2.30. The number of carbonyl (C=O) groups is 2. The van der Waals surface area contributed by atoms with E-state index < -0.39 is 28.5 Å². The maximum atomic E-state index is 12.4. The topological polar surface area (TPSA) is 106 Å². The Labute approximate surface area is 172 Å². The smallest absolute Gasteiger partial charge is 0.340 e. The van der Waals surface area contributed by atoms with Crippen LogP contribution in [0, 0.1) is 0 Å². The van der Waals surface area contributed by atoms with Gasteiger partial charge in [0.1, 0.15) is 0 Å². The van der Waals surface area contributed by atoms with Crippen LogP contribution < -0.4 is 5.32 Å². The van der Waals surface area contributed by atoms with Crippen LogP contribution in [0.15, 0.2) is 52.1 Å². The number of benzene rings is 1.